The van der Waals surface area contributed by atoms with Gasteiger partial charge >= 0.3 is 0 Å². The molecule has 3 rings (SSSR count). The number of carbonyl (C=O) groups excluding carboxylic acids is 1. The minimum Gasteiger partial charge on any atom is -0.497 e. The summed E-state index contributed by atoms with van der Waals surface area (Å²) in [5, 5.41) is 3.12. The van der Waals surface area contributed by atoms with Crippen LogP contribution in [0.15, 0.2) is 24.3 Å². The molecule has 4 atom stereocenters. The number of hydrogen-bond donors (Lipinski definition) is 5. The number of benzene rings is 1. The van der Waals surface area contributed by atoms with Crippen molar-refractivity contribution >= 4 is 5.91 Å². The van der Waals surface area contributed by atoms with Gasteiger partial charge in [-0.15, -0.1) is 0 Å². The van der Waals surface area contributed by atoms with E-state index in [9.17, 15) is 4.79 Å². The van der Waals surface area contributed by atoms with Crippen LogP contribution in [0.5, 0.6) is 5.75 Å². The molecule has 0 bridgehead atoms. The van der Waals surface area contributed by atoms with Crippen LogP contribution < -0.4 is 31.8 Å². The monoisotopic (exact) mass is 361 g/mol. The van der Waals surface area contributed by atoms with Crippen molar-refractivity contribution in [3.63, 3.8) is 0 Å². The van der Waals surface area contributed by atoms with E-state index in [4.69, 9.17) is 4.74 Å². The second-order valence-electron chi connectivity index (χ2n) is 7.35. The molecule has 7 heteroatoms. The highest BCUT2D eigenvalue weighted by Crippen LogP contribution is 2.27. The number of ether oxygens (including phenoxy) is 1. The van der Waals surface area contributed by atoms with Gasteiger partial charge in [0.15, 0.2) is 0 Å². The molecule has 1 aromatic carbocycles. The summed E-state index contributed by atoms with van der Waals surface area (Å²) in [6.07, 6.45) is 2.09. The van der Waals surface area contributed by atoms with Gasteiger partial charge in [0, 0.05) is 25.2 Å². The fourth-order valence-corrected chi connectivity index (χ4v) is 3.98. The second kappa shape index (κ2) is 8.81. The Morgan fingerprint density at radius 1 is 1.23 bits per heavy atom. The van der Waals surface area contributed by atoms with Gasteiger partial charge in [0.1, 0.15) is 5.75 Å². The zero-order valence-corrected chi connectivity index (χ0v) is 15.8. The van der Waals surface area contributed by atoms with Gasteiger partial charge in [0.25, 0.3) is 0 Å². The van der Waals surface area contributed by atoms with Gasteiger partial charge in [-0.2, -0.15) is 0 Å². The number of amides is 1. The quantitative estimate of drug-likeness (QED) is 0.463. The Balaban J connectivity index is 1.49. The lowest BCUT2D eigenvalue weighted by Gasteiger charge is -2.20. The minimum absolute atomic E-state index is 0.0478. The van der Waals surface area contributed by atoms with Crippen LogP contribution in [0.1, 0.15) is 38.3 Å². The smallest absolute Gasteiger partial charge is 0.226 e. The molecule has 2 fully saturated rings. The third-order valence-corrected chi connectivity index (χ3v) is 5.61. The van der Waals surface area contributed by atoms with Crippen LogP contribution in [0.2, 0.25) is 0 Å². The predicted octanol–water partition coefficient (Wildman–Crippen LogP) is 0.858. The topological polar surface area (TPSA) is 86.5 Å². The second-order valence-corrected chi connectivity index (χ2v) is 7.35. The largest absolute Gasteiger partial charge is 0.497 e. The Hall–Kier alpha value is -1.67. The van der Waals surface area contributed by atoms with Crippen molar-refractivity contribution < 1.29 is 9.53 Å². The summed E-state index contributed by atoms with van der Waals surface area (Å²) in [5.41, 5.74) is 14.0. The molecule has 2 aliphatic heterocycles. The first-order valence-corrected chi connectivity index (χ1v) is 9.51. The van der Waals surface area contributed by atoms with E-state index in [2.05, 4.69) is 40.9 Å². The average molecular weight is 361 g/mol. The van der Waals surface area contributed by atoms with Gasteiger partial charge in [-0.3, -0.25) is 21.1 Å². The third kappa shape index (κ3) is 4.35. The normalized spacial score (nSPS) is 31.1. The highest BCUT2D eigenvalue weighted by atomic mass is 16.5. The zero-order valence-electron chi connectivity index (χ0n) is 15.8. The van der Waals surface area contributed by atoms with Gasteiger partial charge in [0.2, 0.25) is 5.91 Å². The number of rotatable bonds is 7. The third-order valence-electron chi connectivity index (χ3n) is 5.61. The Bertz CT molecular complexity index is 601. The van der Waals surface area contributed by atoms with E-state index in [1.54, 1.807) is 7.11 Å². The van der Waals surface area contributed by atoms with E-state index in [1.165, 1.54) is 0 Å². The molecule has 7 nitrogen and oxygen atoms in total. The zero-order chi connectivity index (χ0) is 18.5. The molecule has 0 aliphatic carbocycles. The highest BCUT2D eigenvalue weighted by molar-refractivity contribution is 5.80. The molecular formula is C19H31N5O2. The number of methoxy groups -OCH3 is 1. The van der Waals surface area contributed by atoms with Crippen molar-refractivity contribution in [3.8, 4) is 5.75 Å². The number of nitrogens with one attached hydrogen (secondary N) is 5. The van der Waals surface area contributed by atoms with Crippen LogP contribution in [0.4, 0.5) is 0 Å². The summed E-state index contributed by atoms with van der Waals surface area (Å²) in [4.78, 5) is 12.7. The van der Waals surface area contributed by atoms with Crippen molar-refractivity contribution in [1.29, 1.82) is 0 Å². The summed E-state index contributed by atoms with van der Waals surface area (Å²) in [7, 11) is 1.65. The molecule has 0 aromatic heterocycles. The maximum absolute atomic E-state index is 12.7. The van der Waals surface area contributed by atoms with Crippen LogP contribution in [0.3, 0.4) is 0 Å². The molecule has 0 radical (unpaired) electrons. The molecule has 2 heterocycles. The van der Waals surface area contributed by atoms with Gasteiger partial charge in [-0.1, -0.05) is 12.1 Å². The number of hydrazine groups is 2. The van der Waals surface area contributed by atoms with Gasteiger partial charge < -0.3 is 10.1 Å². The average Bonchev–Trinajstić information content (AvgIpc) is 3.26. The first-order valence-electron chi connectivity index (χ1n) is 9.51. The molecule has 26 heavy (non-hydrogen) atoms. The van der Waals surface area contributed by atoms with Crippen molar-refractivity contribution in [2.75, 3.05) is 20.2 Å². The van der Waals surface area contributed by atoms with Crippen LogP contribution >= 0.6 is 0 Å². The first-order chi connectivity index (χ1) is 12.6. The fraction of sp³-hybridized carbons (Fsp3) is 0.632. The maximum atomic E-state index is 12.7. The molecule has 0 saturated carbocycles. The summed E-state index contributed by atoms with van der Waals surface area (Å²) in [6, 6.07) is 8.77. The van der Waals surface area contributed by atoms with Crippen LogP contribution in [0.25, 0.3) is 0 Å². The summed E-state index contributed by atoms with van der Waals surface area (Å²) in [5.74, 6) is 1.37. The molecule has 0 spiro atoms. The Morgan fingerprint density at radius 3 is 2.73 bits per heavy atom. The maximum Gasteiger partial charge on any atom is 0.226 e. The van der Waals surface area contributed by atoms with E-state index >= 15 is 0 Å². The van der Waals surface area contributed by atoms with E-state index in [-0.39, 0.29) is 17.9 Å². The summed E-state index contributed by atoms with van der Waals surface area (Å²) in [6.45, 7) is 5.75. The number of hydrogen-bond acceptors (Lipinski definition) is 6. The molecular weight excluding hydrogens is 330 g/mol. The molecule has 2 saturated heterocycles. The lowest BCUT2D eigenvalue weighted by molar-refractivity contribution is -0.124. The number of carbonyl (C=O) groups is 1. The van der Waals surface area contributed by atoms with E-state index in [0.29, 0.717) is 24.5 Å². The van der Waals surface area contributed by atoms with Gasteiger partial charge in [-0.25, -0.2) is 5.43 Å². The predicted molar refractivity (Wildman–Crippen MR) is 101 cm³/mol. The van der Waals surface area contributed by atoms with Crippen molar-refractivity contribution in [2.24, 2.45) is 11.8 Å². The van der Waals surface area contributed by atoms with E-state index in [1.807, 2.05) is 24.3 Å². The van der Waals surface area contributed by atoms with Crippen molar-refractivity contribution in [1.82, 2.24) is 27.0 Å². The van der Waals surface area contributed by atoms with Crippen LogP contribution in [-0.4, -0.2) is 38.2 Å². The standard InChI is InChI=1S/C19H31N5O2/c1-12-16(13(2)23-22-12)8-5-9-20-19(25)17-11-21-24-18(17)14-6-4-7-15(10-14)26-3/h4,6-7,10,12-13,16-18,21-24H,5,8-9,11H2,1-3H3,(H,20,25). The Labute approximate surface area is 155 Å². The molecule has 4 unspecified atom stereocenters. The minimum atomic E-state index is -0.130. The Morgan fingerprint density at radius 2 is 2.00 bits per heavy atom. The molecule has 5 N–H and O–H groups in total. The molecule has 144 valence electrons. The lowest BCUT2D eigenvalue weighted by atomic mass is 9.91. The van der Waals surface area contributed by atoms with Gasteiger partial charge in [-0.05, 0) is 50.3 Å². The van der Waals surface area contributed by atoms with Crippen LogP contribution in [0, 0.1) is 11.8 Å². The summed E-state index contributed by atoms with van der Waals surface area (Å²) < 4.78 is 5.30. The summed E-state index contributed by atoms with van der Waals surface area (Å²) >= 11 is 0. The fourth-order valence-electron chi connectivity index (χ4n) is 3.98. The molecule has 2 aliphatic rings. The van der Waals surface area contributed by atoms with Crippen LogP contribution in [-0.2, 0) is 4.79 Å². The first kappa shape index (κ1) is 19.1. The van der Waals surface area contributed by atoms with Gasteiger partial charge in [0.05, 0.1) is 19.1 Å². The molecule has 1 aromatic rings. The lowest BCUT2D eigenvalue weighted by Crippen LogP contribution is -2.36. The molecule has 1 amide bonds. The van der Waals surface area contributed by atoms with E-state index < -0.39 is 0 Å². The van der Waals surface area contributed by atoms with E-state index in [0.717, 1.165) is 30.7 Å². The SMILES string of the molecule is COc1cccc(C2NNCC2C(=O)NCCCC2C(C)NNC2C)c1. The Kier molecular flexibility index (Phi) is 6.48. The van der Waals surface area contributed by atoms with Crippen molar-refractivity contribution in [3.05, 3.63) is 29.8 Å². The van der Waals surface area contributed by atoms with Crippen molar-refractivity contribution in [2.45, 2.75) is 44.8 Å². The highest BCUT2D eigenvalue weighted by Gasteiger charge is 2.34.